The van der Waals surface area contributed by atoms with E-state index in [4.69, 9.17) is 10.5 Å². The number of ether oxygens (including phenoxy) is 1. The normalized spacial score (nSPS) is 14.8. The van der Waals surface area contributed by atoms with Gasteiger partial charge in [0.2, 0.25) is 0 Å². The Morgan fingerprint density at radius 3 is 2.84 bits per heavy atom. The van der Waals surface area contributed by atoms with Gasteiger partial charge in [-0.25, -0.2) is 0 Å². The monoisotopic (exact) mass is 255 g/mol. The van der Waals surface area contributed by atoms with Crippen molar-refractivity contribution in [3.8, 4) is 5.75 Å². The standard InChI is InChI=1S/C17H21NO/c18-10-2-5-14-3-1-4-15-8-9-16(11-17(14)15)19-12-13-6-7-13/h1,3-4,8-9,11,13H,2,5-7,10,12,18H2. The lowest BCUT2D eigenvalue weighted by Crippen LogP contribution is -2.01. The third kappa shape index (κ3) is 3.07. The third-order valence-corrected chi connectivity index (χ3v) is 3.78. The van der Waals surface area contributed by atoms with Crippen LogP contribution in [0.25, 0.3) is 10.8 Å². The van der Waals surface area contributed by atoms with Gasteiger partial charge in [-0.3, -0.25) is 0 Å². The molecule has 0 atom stereocenters. The second kappa shape index (κ2) is 5.62. The van der Waals surface area contributed by atoms with E-state index in [-0.39, 0.29) is 0 Å². The molecular weight excluding hydrogens is 234 g/mol. The molecule has 100 valence electrons. The van der Waals surface area contributed by atoms with E-state index in [1.165, 1.54) is 29.2 Å². The molecule has 1 aliphatic rings. The van der Waals surface area contributed by atoms with Crippen molar-refractivity contribution in [1.82, 2.24) is 0 Å². The zero-order valence-electron chi connectivity index (χ0n) is 11.3. The van der Waals surface area contributed by atoms with Gasteiger partial charge in [-0.15, -0.1) is 0 Å². The number of nitrogens with two attached hydrogens (primary N) is 1. The van der Waals surface area contributed by atoms with Crippen LogP contribution in [-0.4, -0.2) is 13.2 Å². The number of hydrogen-bond acceptors (Lipinski definition) is 2. The van der Waals surface area contributed by atoms with Crippen molar-refractivity contribution >= 4 is 10.8 Å². The Morgan fingerprint density at radius 1 is 1.16 bits per heavy atom. The summed E-state index contributed by atoms with van der Waals surface area (Å²) >= 11 is 0. The van der Waals surface area contributed by atoms with Crippen LogP contribution >= 0.6 is 0 Å². The molecule has 3 rings (SSSR count). The van der Waals surface area contributed by atoms with Gasteiger partial charge in [0.15, 0.2) is 0 Å². The van der Waals surface area contributed by atoms with E-state index in [0.717, 1.165) is 37.7 Å². The molecule has 0 bridgehead atoms. The fourth-order valence-corrected chi connectivity index (χ4v) is 2.42. The Balaban J connectivity index is 1.85. The van der Waals surface area contributed by atoms with Crippen LogP contribution in [0.15, 0.2) is 36.4 Å². The summed E-state index contributed by atoms with van der Waals surface area (Å²) in [5, 5.41) is 2.59. The highest BCUT2D eigenvalue weighted by Gasteiger charge is 2.21. The van der Waals surface area contributed by atoms with Crippen molar-refractivity contribution in [3.63, 3.8) is 0 Å². The highest BCUT2D eigenvalue weighted by molar-refractivity contribution is 5.87. The average Bonchev–Trinajstić information content (AvgIpc) is 3.27. The predicted molar refractivity (Wildman–Crippen MR) is 79.5 cm³/mol. The van der Waals surface area contributed by atoms with Gasteiger partial charge < -0.3 is 10.5 Å². The van der Waals surface area contributed by atoms with E-state index in [1.807, 2.05) is 0 Å². The number of benzene rings is 2. The summed E-state index contributed by atoms with van der Waals surface area (Å²) < 4.78 is 5.87. The second-order valence-corrected chi connectivity index (χ2v) is 5.45. The first-order valence-corrected chi connectivity index (χ1v) is 7.21. The smallest absolute Gasteiger partial charge is 0.119 e. The van der Waals surface area contributed by atoms with Gasteiger partial charge in [-0.1, -0.05) is 24.3 Å². The quantitative estimate of drug-likeness (QED) is 0.857. The Bertz CT molecular complexity index is 560. The van der Waals surface area contributed by atoms with E-state index in [0.29, 0.717) is 0 Å². The maximum atomic E-state index is 5.87. The molecule has 0 saturated heterocycles. The summed E-state index contributed by atoms with van der Waals surface area (Å²) in [4.78, 5) is 0. The molecule has 19 heavy (non-hydrogen) atoms. The summed E-state index contributed by atoms with van der Waals surface area (Å²) in [6.07, 6.45) is 4.73. The summed E-state index contributed by atoms with van der Waals surface area (Å²) in [5.74, 6) is 1.79. The van der Waals surface area contributed by atoms with E-state index >= 15 is 0 Å². The maximum Gasteiger partial charge on any atom is 0.119 e. The largest absolute Gasteiger partial charge is 0.493 e. The molecule has 0 amide bonds. The van der Waals surface area contributed by atoms with Gasteiger partial charge in [0, 0.05) is 0 Å². The second-order valence-electron chi connectivity index (χ2n) is 5.45. The van der Waals surface area contributed by atoms with Crippen LogP contribution in [0.4, 0.5) is 0 Å². The van der Waals surface area contributed by atoms with Gasteiger partial charge in [0.25, 0.3) is 0 Å². The molecule has 1 saturated carbocycles. The van der Waals surface area contributed by atoms with E-state index < -0.39 is 0 Å². The van der Waals surface area contributed by atoms with E-state index in [9.17, 15) is 0 Å². The molecule has 0 aromatic heterocycles. The molecule has 0 unspecified atom stereocenters. The van der Waals surface area contributed by atoms with Crippen LogP contribution in [0, 0.1) is 5.92 Å². The lowest BCUT2D eigenvalue weighted by Gasteiger charge is -2.10. The highest BCUT2D eigenvalue weighted by atomic mass is 16.5. The molecule has 2 N–H and O–H groups in total. The lowest BCUT2D eigenvalue weighted by molar-refractivity contribution is 0.300. The van der Waals surface area contributed by atoms with Crippen molar-refractivity contribution in [2.75, 3.05) is 13.2 Å². The van der Waals surface area contributed by atoms with Crippen LogP contribution < -0.4 is 10.5 Å². The van der Waals surface area contributed by atoms with Crippen molar-refractivity contribution in [2.24, 2.45) is 11.7 Å². The average molecular weight is 255 g/mol. The summed E-state index contributed by atoms with van der Waals surface area (Å²) in [6.45, 7) is 1.62. The first-order chi connectivity index (χ1) is 9.36. The molecule has 2 nitrogen and oxygen atoms in total. The predicted octanol–water partition coefficient (Wildman–Crippen LogP) is 3.52. The van der Waals surface area contributed by atoms with Crippen LogP contribution in [0.3, 0.4) is 0 Å². The molecule has 0 heterocycles. The van der Waals surface area contributed by atoms with Gasteiger partial charge >= 0.3 is 0 Å². The molecule has 0 spiro atoms. The van der Waals surface area contributed by atoms with Gasteiger partial charge in [-0.05, 0) is 66.6 Å². The molecular formula is C17H21NO. The zero-order valence-corrected chi connectivity index (χ0v) is 11.3. The molecule has 1 fully saturated rings. The van der Waals surface area contributed by atoms with Gasteiger partial charge in [0.1, 0.15) is 5.75 Å². The minimum Gasteiger partial charge on any atom is -0.493 e. The lowest BCUT2D eigenvalue weighted by atomic mass is 10.0. The molecule has 2 heteroatoms. The van der Waals surface area contributed by atoms with Crippen molar-refractivity contribution < 1.29 is 4.74 Å². The molecule has 1 aliphatic carbocycles. The summed E-state index contributed by atoms with van der Waals surface area (Å²) in [7, 11) is 0. The Kier molecular flexibility index (Phi) is 3.69. The van der Waals surface area contributed by atoms with Crippen molar-refractivity contribution in [1.29, 1.82) is 0 Å². The third-order valence-electron chi connectivity index (χ3n) is 3.78. The molecule has 0 aliphatic heterocycles. The van der Waals surface area contributed by atoms with Crippen molar-refractivity contribution in [3.05, 3.63) is 42.0 Å². The van der Waals surface area contributed by atoms with Crippen LogP contribution in [0.5, 0.6) is 5.75 Å². The van der Waals surface area contributed by atoms with Crippen molar-refractivity contribution in [2.45, 2.75) is 25.7 Å². The minimum absolute atomic E-state index is 0.744. The topological polar surface area (TPSA) is 35.2 Å². The van der Waals surface area contributed by atoms with E-state index in [2.05, 4.69) is 36.4 Å². The number of fused-ring (bicyclic) bond motifs is 1. The fourth-order valence-electron chi connectivity index (χ4n) is 2.42. The Labute approximate surface area is 114 Å². The Morgan fingerprint density at radius 2 is 2.05 bits per heavy atom. The molecule has 0 radical (unpaired) electrons. The minimum atomic E-state index is 0.744. The van der Waals surface area contributed by atoms with Gasteiger partial charge in [-0.2, -0.15) is 0 Å². The first-order valence-electron chi connectivity index (χ1n) is 7.21. The number of rotatable bonds is 6. The molecule has 2 aromatic carbocycles. The van der Waals surface area contributed by atoms with Crippen LogP contribution in [-0.2, 0) is 6.42 Å². The zero-order chi connectivity index (χ0) is 13.1. The van der Waals surface area contributed by atoms with E-state index in [1.54, 1.807) is 0 Å². The maximum absolute atomic E-state index is 5.87. The molecule has 2 aromatic rings. The summed E-state index contributed by atoms with van der Waals surface area (Å²) in [6, 6.07) is 12.9. The number of hydrogen-bond donors (Lipinski definition) is 1. The Hall–Kier alpha value is -1.54. The van der Waals surface area contributed by atoms with Crippen LogP contribution in [0.2, 0.25) is 0 Å². The fraction of sp³-hybridized carbons (Fsp3) is 0.412. The summed E-state index contributed by atoms with van der Waals surface area (Å²) in [5.41, 5.74) is 6.99. The number of aryl methyl sites for hydroxylation is 1. The van der Waals surface area contributed by atoms with Crippen LogP contribution in [0.1, 0.15) is 24.8 Å². The SMILES string of the molecule is NCCCc1cccc2ccc(OCC3CC3)cc12. The highest BCUT2D eigenvalue weighted by Crippen LogP contribution is 2.31. The van der Waals surface area contributed by atoms with Gasteiger partial charge in [0.05, 0.1) is 6.61 Å². The first kappa shape index (κ1) is 12.5.